The maximum Gasteiger partial charge on any atom is 0.416 e. The second kappa shape index (κ2) is 7.40. The van der Waals surface area contributed by atoms with Crippen molar-refractivity contribution in [3.8, 4) is 0 Å². The minimum Gasteiger partial charge on any atom is -0.343 e. The molecule has 3 rings (SSSR count). The lowest BCUT2D eigenvalue weighted by atomic mass is 10.0. The maximum atomic E-state index is 13.6. The molecule has 0 aliphatic heterocycles. The summed E-state index contributed by atoms with van der Waals surface area (Å²) in [7, 11) is 0. The Morgan fingerprint density at radius 1 is 1.11 bits per heavy atom. The molecular formula is C18H15Cl2F3N4. The van der Waals surface area contributed by atoms with E-state index < -0.39 is 17.9 Å². The molecule has 1 N–H and O–H groups in total. The predicted octanol–water partition coefficient (Wildman–Crippen LogP) is 5.88. The smallest absolute Gasteiger partial charge is 0.343 e. The second-order valence-corrected chi connectivity index (χ2v) is 6.83. The fourth-order valence-electron chi connectivity index (χ4n) is 2.82. The molecule has 0 unspecified atom stereocenters. The van der Waals surface area contributed by atoms with Crippen LogP contribution in [-0.4, -0.2) is 14.8 Å². The highest BCUT2D eigenvalue weighted by atomic mass is 35.5. The number of hydrogen-bond donors (Lipinski definition) is 1. The molecule has 2 heterocycles. The van der Waals surface area contributed by atoms with Crippen molar-refractivity contribution in [1.82, 2.24) is 14.8 Å². The van der Waals surface area contributed by atoms with Crippen LogP contribution in [0.3, 0.4) is 0 Å². The van der Waals surface area contributed by atoms with E-state index in [4.69, 9.17) is 23.2 Å². The molecule has 0 amide bonds. The van der Waals surface area contributed by atoms with E-state index in [1.165, 1.54) is 29.1 Å². The topological polar surface area (TPSA) is 42.7 Å². The summed E-state index contributed by atoms with van der Waals surface area (Å²) in [6.45, 7) is 3.53. The molecule has 27 heavy (non-hydrogen) atoms. The van der Waals surface area contributed by atoms with Gasteiger partial charge in [0, 0.05) is 17.5 Å². The molecule has 4 nitrogen and oxygen atoms in total. The number of nitrogens with one attached hydrogen (secondary N) is 1. The number of aryl methyl sites for hydroxylation is 2. The zero-order valence-corrected chi connectivity index (χ0v) is 15.9. The quantitative estimate of drug-likeness (QED) is 0.579. The van der Waals surface area contributed by atoms with Gasteiger partial charge in [-0.3, -0.25) is 0 Å². The van der Waals surface area contributed by atoms with E-state index in [-0.39, 0.29) is 16.4 Å². The fourth-order valence-corrected chi connectivity index (χ4v) is 3.26. The molecule has 0 aliphatic carbocycles. The van der Waals surface area contributed by atoms with Gasteiger partial charge < -0.3 is 5.32 Å². The van der Waals surface area contributed by atoms with Crippen molar-refractivity contribution in [2.75, 3.05) is 5.32 Å². The van der Waals surface area contributed by atoms with Crippen LogP contribution in [0.1, 0.15) is 28.7 Å². The summed E-state index contributed by atoms with van der Waals surface area (Å²) >= 11 is 12.0. The van der Waals surface area contributed by atoms with E-state index in [9.17, 15) is 13.2 Å². The molecule has 0 spiro atoms. The van der Waals surface area contributed by atoms with Crippen LogP contribution in [0.4, 0.5) is 19.0 Å². The lowest BCUT2D eigenvalue weighted by Crippen LogP contribution is -2.25. The molecule has 142 valence electrons. The van der Waals surface area contributed by atoms with Gasteiger partial charge in [0.2, 0.25) is 0 Å². The second-order valence-electron chi connectivity index (χ2n) is 5.99. The van der Waals surface area contributed by atoms with Crippen molar-refractivity contribution < 1.29 is 13.2 Å². The van der Waals surface area contributed by atoms with Crippen molar-refractivity contribution in [3.05, 3.63) is 75.2 Å². The third-order valence-corrected chi connectivity index (χ3v) is 4.43. The maximum absolute atomic E-state index is 13.6. The summed E-state index contributed by atoms with van der Waals surface area (Å²) in [5.41, 5.74) is 0.607. The van der Waals surface area contributed by atoms with Gasteiger partial charge in [0.25, 0.3) is 0 Å². The normalized spacial score (nSPS) is 12.9. The molecule has 0 radical (unpaired) electrons. The first-order valence-corrected chi connectivity index (χ1v) is 8.69. The lowest BCUT2D eigenvalue weighted by Gasteiger charge is -2.25. The summed E-state index contributed by atoms with van der Waals surface area (Å²) in [5, 5.41) is 7.83. The third kappa shape index (κ3) is 4.20. The number of hydrogen-bond acceptors (Lipinski definition) is 3. The highest BCUT2D eigenvalue weighted by molar-refractivity contribution is 6.35. The molecule has 2 aromatic heterocycles. The van der Waals surface area contributed by atoms with Gasteiger partial charge in [-0.15, -0.1) is 0 Å². The van der Waals surface area contributed by atoms with Gasteiger partial charge in [0.1, 0.15) is 12.0 Å². The molecule has 0 saturated carbocycles. The minimum absolute atomic E-state index is 0.00372. The van der Waals surface area contributed by atoms with E-state index in [0.717, 1.165) is 6.07 Å². The van der Waals surface area contributed by atoms with Crippen LogP contribution in [0, 0.1) is 13.8 Å². The van der Waals surface area contributed by atoms with Gasteiger partial charge in [-0.05, 0) is 32.0 Å². The monoisotopic (exact) mass is 414 g/mol. The van der Waals surface area contributed by atoms with Gasteiger partial charge in [-0.25, -0.2) is 9.67 Å². The number of aromatic nitrogens is 3. The van der Waals surface area contributed by atoms with E-state index in [1.807, 2.05) is 0 Å². The van der Waals surface area contributed by atoms with Crippen LogP contribution >= 0.6 is 23.2 Å². The Balaban J connectivity index is 2.16. The van der Waals surface area contributed by atoms with Crippen LogP contribution in [0.5, 0.6) is 0 Å². The van der Waals surface area contributed by atoms with Gasteiger partial charge in [0.15, 0.2) is 0 Å². The third-order valence-electron chi connectivity index (χ3n) is 3.93. The SMILES string of the molecule is Cc1cc(C)n([C@@H](Nc2ncc(Cl)cc2Cl)c2ccccc2C(F)(F)F)n1. The highest BCUT2D eigenvalue weighted by Gasteiger charge is 2.36. The zero-order valence-electron chi connectivity index (χ0n) is 14.4. The first-order chi connectivity index (χ1) is 12.7. The van der Waals surface area contributed by atoms with Gasteiger partial charge >= 0.3 is 6.18 Å². The van der Waals surface area contributed by atoms with E-state index in [1.54, 1.807) is 26.0 Å². The van der Waals surface area contributed by atoms with Crippen molar-refractivity contribution in [1.29, 1.82) is 0 Å². The Hall–Kier alpha value is -2.25. The molecule has 0 fully saturated rings. The fraction of sp³-hybridized carbons (Fsp3) is 0.222. The molecule has 0 bridgehead atoms. The van der Waals surface area contributed by atoms with Crippen LogP contribution < -0.4 is 5.32 Å². The van der Waals surface area contributed by atoms with Gasteiger partial charge in [-0.1, -0.05) is 41.4 Å². The van der Waals surface area contributed by atoms with Gasteiger partial charge in [0.05, 0.1) is 21.3 Å². The Morgan fingerprint density at radius 3 is 2.41 bits per heavy atom. The number of pyridine rings is 1. The van der Waals surface area contributed by atoms with Crippen LogP contribution in [-0.2, 0) is 6.18 Å². The van der Waals surface area contributed by atoms with E-state index in [2.05, 4.69) is 15.4 Å². The van der Waals surface area contributed by atoms with Crippen molar-refractivity contribution in [2.45, 2.75) is 26.2 Å². The first-order valence-electron chi connectivity index (χ1n) is 7.93. The predicted molar refractivity (Wildman–Crippen MR) is 99.2 cm³/mol. The molecule has 0 aliphatic rings. The molecule has 1 atom stereocenters. The Labute approximate surface area is 163 Å². The minimum atomic E-state index is -4.52. The first kappa shape index (κ1) is 19.5. The molecule has 1 aromatic carbocycles. The Morgan fingerprint density at radius 2 is 1.81 bits per heavy atom. The van der Waals surface area contributed by atoms with E-state index in [0.29, 0.717) is 16.4 Å². The van der Waals surface area contributed by atoms with Crippen LogP contribution in [0.2, 0.25) is 10.0 Å². The summed E-state index contributed by atoms with van der Waals surface area (Å²) in [4.78, 5) is 4.10. The number of rotatable bonds is 4. The average Bonchev–Trinajstić information content (AvgIpc) is 2.91. The summed E-state index contributed by atoms with van der Waals surface area (Å²) in [6.07, 6.45) is -4.13. The van der Waals surface area contributed by atoms with Crippen LogP contribution in [0.15, 0.2) is 42.6 Å². The Bertz CT molecular complexity index is 969. The standard InChI is InChI=1S/C18H15Cl2F3N4/c1-10-7-11(2)27(26-10)17(25-16-15(20)8-12(19)9-24-16)13-5-3-4-6-14(13)18(21,22)23/h3-9,17H,1-2H3,(H,24,25)/t17-/m1/s1. The molecule has 0 saturated heterocycles. The number of benzene rings is 1. The molecular weight excluding hydrogens is 400 g/mol. The molecule has 9 heteroatoms. The summed E-state index contributed by atoms with van der Waals surface area (Å²) < 4.78 is 42.2. The number of anilines is 1. The van der Waals surface area contributed by atoms with Crippen molar-refractivity contribution in [2.24, 2.45) is 0 Å². The molecule has 3 aromatic rings. The van der Waals surface area contributed by atoms with Crippen molar-refractivity contribution in [3.63, 3.8) is 0 Å². The largest absolute Gasteiger partial charge is 0.416 e. The van der Waals surface area contributed by atoms with Crippen molar-refractivity contribution >= 4 is 29.0 Å². The average molecular weight is 415 g/mol. The summed E-state index contributed by atoms with van der Waals surface area (Å²) in [5.74, 6) is 0.204. The zero-order chi connectivity index (χ0) is 19.8. The van der Waals surface area contributed by atoms with Gasteiger partial charge in [-0.2, -0.15) is 18.3 Å². The van der Waals surface area contributed by atoms with Crippen LogP contribution in [0.25, 0.3) is 0 Å². The summed E-state index contributed by atoms with van der Waals surface area (Å²) in [6, 6.07) is 8.57. The number of halogens is 5. The highest BCUT2D eigenvalue weighted by Crippen LogP contribution is 2.37. The number of nitrogens with zero attached hydrogens (tertiary/aromatic N) is 3. The lowest BCUT2D eigenvalue weighted by molar-refractivity contribution is -0.138. The Kier molecular flexibility index (Phi) is 5.35. The van der Waals surface area contributed by atoms with E-state index >= 15 is 0 Å². The number of alkyl halides is 3.